The van der Waals surface area contributed by atoms with Crippen molar-refractivity contribution in [2.24, 2.45) is 4.99 Å². The molecule has 0 amide bonds. The van der Waals surface area contributed by atoms with Gasteiger partial charge in [-0.2, -0.15) is 0 Å². The maximum Gasteiger partial charge on any atom is 0.338 e. The van der Waals surface area contributed by atoms with Crippen molar-refractivity contribution < 1.29 is 14.3 Å². The van der Waals surface area contributed by atoms with Crippen LogP contribution < -0.4 is 19.6 Å². The molecule has 1 aliphatic heterocycles. The lowest BCUT2D eigenvalue weighted by atomic mass is 9.91. The number of aromatic nitrogens is 1. The highest BCUT2D eigenvalue weighted by atomic mass is 32.1. The molecule has 210 valence electrons. The summed E-state index contributed by atoms with van der Waals surface area (Å²) in [5.41, 5.74) is 4.33. The van der Waals surface area contributed by atoms with Crippen LogP contribution in [0, 0.1) is 0 Å². The lowest BCUT2D eigenvalue weighted by Crippen LogP contribution is -2.40. The van der Waals surface area contributed by atoms with Crippen molar-refractivity contribution in [1.82, 2.24) is 4.57 Å². The Labute approximate surface area is 243 Å². The Kier molecular flexibility index (Phi) is 8.36. The lowest BCUT2D eigenvalue weighted by molar-refractivity contribution is -0.138. The molecular weight excluding hydrogens is 532 g/mol. The molecule has 4 aromatic rings. The smallest absolute Gasteiger partial charge is 0.338 e. The van der Waals surface area contributed by atoms with Crippen molar-refractivity contribution in [3.63, 3.8) is 0 Å². The van der Waals surface area contributed by atoms with Gasteiger partial charge in [-0.3, -0.25) is 9.36 Å². The Balaban J connectivity index is 1.74. The van der Waals surface area contributed by atoms with Crippen molar-refractivity contribution in [3.8, 4) is 5.75 Å². The van der Waals surface area contributed by atoms with E-state index in [1.54, 1.807) is 11.5 Å². The molecule has 1 aliphatic rings. The first-order valence-electron chi connectivity index (χ1n) is 13.9. The largest absolute Gasteiger partial charge is 0.491 e. The molecule has 3 aromatic carbocycles. The van der Waals surface area contributed by atoms with Gasteiger partial charge in [0, 0.05) is 5.56 Å². The Morgan fingerprint density at radius 3 is 2.27 bits per heavy atom. The monoisotopic (exact) mass is 566 g/mol. The van der Waals surface area contributed by atoms with Gasteiger partial charge in [-0.25, -0.2) is 9.79 Å². The fourth-order valence-electron chi connectivity index (χ4n) is 4.89. The fraction of sp³-hybridized carbons (Fsp3) is 0.265. The van der Waals surface area contributed by atoms with Crippen molar-refractivity contribution in [3.05, 3.63) is 126 Å². The van der Waals surface area contributed by atoms with E-state index < -0.39 is 12.0 Å². The van der Waals surface area contributed by atoms with Crippen LogP contribution in [0.5, 0.6) is 5.75 Å². The first-order chi connectivity index (χ1) is 19.8. The van der Waals surface area contributed by atoms with Crippen LogP contribution in [0.4, 0.5) is 0 Å². The summed E-state index contributed by atoms with van der Waals surface area (Å²) < 4.78 is 13.5. The van der Waals surface area contributed by atoms with E-state index in [1.165, 1.54) is 16.9 Å². The van der Waals surface area contributed by atoms with Crippen molar-refractivity contribution in [2.75, 3.05) is 6.61 Å². The van der Waals surface area contributed by atoms with Crippen LogP contribution >= 0.6 is 11.3 Å². The number of esters is 1. The van der Waals surface area contributed by atoms with Gasteiger partial charge in [-0.15, -0.1) is 0 Å². The molecule has 1 atom stereocenters. The number of ether oxygens (including phenoxy) is 2. The maximum absolute atomic E-state index is 14.0. The van der Waals surface area contributed by atoms with Crippen LogP contribution in [0.2, 0.25) is 0 Å². The van der Waals surface area contributed by atoms with Crippen molar-refractivity contribution in [1.29, 1.82) is 0 Å². The number of carbonyl (C=O) groups is 1. The molecule has 0 fully saturated rings. The predicted molar refractivity (Wildman–Crippen MR) is 164 cm³/mol. The number of fused-ring (bicyclic) bond motifs is 1. The fourth-order valence-corrected chi connectivity index (χ4v) is 5.89. The second-order valence-electron chi connectivity index (χ2n) is 10.5. The molecule has 6 nitrogen and oxygen atoms in total. The molecule has 0 radical (unpaired) electrons. The van der Waals surface area contributed by atoms with Gasteiger partial charge < -0.3 is 9.47 Å². The Morgan fingerprint density at radius 1 is 0.976 bits per heavy atom. The van der Waals surface area contributed by atoms with Crippen molar-refractivity contribution >= 4 is 29.1 Å². The highest BCUT2D eigenvalue weighted by Gasteiger charge is 2.35. The van der Waals surface area contributed by atoms with Crippen LogP contribution in [0.3, 0.4) is 0 Å². The standard InChI is InChI=1S/C34H34N2O4S/c1-6-39-33(38)29-30(25-10-8-7-9-11-25)35-34-36(31(29)26-16-14-24(15-17-26)21(2)3)32(37)28(41-34)20-23-12-18-27(19-13-23)40-22(4)5/h7-22,31H,6H2,1-5H3/b28-20-/t31-/m1/s1. The van der Waals surface area contributed by atoms with Crippen LogP contribution in [-0.4, -0.2) is 23.2 Å². The number of benzene rings is 3. The van der Waals surface area contributed by atoms with Gasteiger partial charge >= 0.3 is 5.97 Å². The number of carbonyl (C=O) groups excluding carboxylic acids is 1. The van der Waals surface area contributed by atoms with Gasteiger partial charge in [0.15, 0.2) is 4.80 Å². The van der Waals surface area contributed by atoms with E-state index in [1.807, 2.05) is 86.7 Å². The highest BCUT2D eigenvalue weighted by molar-refractivity contribution is 7.07. The Morgan fingerprint density at radius 2 is 1.66 bits per heavy atom. The van der Waals surface area contributed by atoms with Gasteiger partial charge in [0.1, 0.15) is 5.75 Å². The van der Waals surface area contributed by atoms with Gasteiger partial charge in [-0.1, -0.05) is 91.9 Å². The van der Waals surface area contributed by atoms with E-state index in [2.05, 4.69) is 26.0 Å². The van der Waals surface area contributed by atoms with E-state index in [0.717, 1.165) is 22.4 Å². The molecule has 0 saturated carbocycles. The molecule has 0 saturated heterocycles. The molecule has 7 heteroatoms. The lowest BCUT2D eigenvalue weighted by Gasteiger charge is -2.26. The van der Waals surface area contributed by atoms with Crippen LogP contribution in [-0.2, 0) is 9.53 Å². The minimum Gasteiger partial charge on any atom is -0.491 e. The van der Waals surface area contributed by atoms with E-state index in [-0.39, 0.29) is 18.3 Å². The molecule has 2 heterocycles. The summed E-state index contributed by atoms with van der Waals surface area (Å²) in [7, 11) is 0. The highest BCUT2D eigenvalue weighted by Crippen LogP contribution is 2.35. The van der Waals surface area contributed by atoms with Gasteiger partial charge in [0.05, 0.1) is 34.6 Å². The molecule has 0 unspecified atom stereocenters. The van der Waals surface area contributed by atoms with Gasteiger partial charge in [0.25, 0.3) is 5.56 Å². The Bertz CT molecular complexity index is 1750. The average Bonchev–Trinajstić information content (AvgIpc) is 3.27. The Hall–Kier alpha value is -4.23. The van der Waals surface area contributed by atoms with Gasteiger partial charge in [0.2, 0.25) is 0 Å². The minimum atomic E-state index is -0.689. The van der Waals surface area contributed by atoms with E-state index >= 15 is 0 Å². The predicted octanol–water partition coefficient (Wildman–Crippen LogP) is 5.85. The molecule has 1 aromatic heterocycles. The van der Waals surface area contributed by atoms with E-state index in [4.69, 9.17) is 14.5 Å². The molecule has 41 heavy (non-hydrogen) atoms. The van der Waals surface area contributed by atoms with Crippen LogP contribution in [0.25, 0.3) is 11.8 Å². The topological polar surface area (TPSA) is 69.9 Å². The summed E-state index contributed by atoms with van der Waals surface area (Å²) in [5.74, 6) is 0.640. The summed E-state index contributed by atoms with van der Waals surface area (Å²) in [6.45, 7) is 10.2. The molecule has 0 bridgehead atoms. The number of thiazole rings is 1. The number of hydrogen-bond acceptors (Lipinski definition) is 6. The summed E-state index contributed by atoms with van der Waals surface area (Å²) in [5, 5.41) is 0. The first-order valence-corrected chi connectivity index (χ1v) is 14.7. The molecule has 5 rings (SSSR count). The normalized spacial score (nSPS) is 15.2. The van der Waals surface area contributed by atoms with Crippen LogP contribution in [0.15, 0.2) is 94.2 Å². The quantitative estimate of drug-likeness (QED) is 0.251. The van der Waals surface area contributed by atoms with Crippen molar-refractivity contribution in [2.45, 2.75) is 52.7 Å². The SMILES string of the molecule is CCOC(=O)C1=C(c2ccccc2)N=c2s/c(=C\c3ccc(OC(C)C)cc3)c(=O)n2[C@@H]1c1ccc(C(C)C)cc1. The zero-order chi connectivity index (χ0) is 29.1. The molecule has 0 spiro atoms. The first kappa shape index (κ1) is 28.3. The number of hydrogen-bond donors (Lipinski definition) is 0. The third-order valence-electron chi connectivity index (χ3n) is 6.84. The molecule has 0 aliphatic carbocycles. The third-order valence-corrected chi connectivity index (χ3v) is 7.83. The third kappa shape index (κ3) is 5.95. The van der Waals surface area contributed by atoms with Gasteiger partial charge in [-0.05, 0) is 61.6 Å². The zero-order valence-electron chi connectivity index (χ0n) is 24.0. The second-order valence-corrected chi connectivity index (χ2v) is 11.5. The number of nitrogens with zero attached hydrogens (tertiary/aromatic N) is 2. The molecular formula is C34H34N2O4S. The zero-order valence-corrected chi connectivity index (χ0v) is 24.8. The minimum absolute atomic E-state index is 0.0755. The summed E-state index contributed by atoms with van der Waals surface area (Å²) >= 11 is 1.31. The second kappa shape index (κ2) is 12.1. The average molecular weight is 567 g/mol. The number of rotatable bonds is 8. The van der Waals surface area contributed by atoms with E-state index in [9.17, 15) is 9.59 Å². The maximum atomic E-state index is 14.0. The molecule has 0 N–H and O–H groups in total. The van der Waals surface area contributed by atoms with Crippen LogP contribution in [0.1, 0.15) is 68.8 Å². The summed E-state index contributed by atoms with van der Waals surface area (Å²) in [6.07, 6.45) is 1.93. The van der Waals surface area contributed by atoms with E-state index in [0.29, 0.717) is 26.5 Å². The summed E-state index contributed by atoms with van der Waals surface area (Å²) in [6, 6.07) is 24.7. The summed E-state index contributed by atoms with van der Waals surface area (Å²) in [4.78, 5) is 33.1.